The molecule has 0 aliphatic carbocycles. The first kappa shape index (κ1) is 56.9. The number of hydrogen-bond acceptors (Lipinski definition) is 10. The third-order valence-corrected chi connectivity index (χ3v) is 14.7. The van der Waals surface area contributed by atoms with E-state index < -0.39 is 0 Å². The molecule has 0 radical (unpaired) electrons. The van der Waals surface area contributed by atoms with Crippen molar-refractivity contribution in [1.29, 1.82) is 0 Å². The number of nitrogens with zero attached hydrogens (tertiary/aromatic N) is 6. The van der Waals surface area contributed by atoms with Crippen molar-refractivity contribution < 1.29 is 34.0 Å². The van der Waals surface area contributed by atoms with Crippen molar-refractivity contribution in [2.75, 3.05) is 26.9 Å². The van der Waals surface area contributed by atoms with Gasteiger partial charge in [-0.25, -0.2) is 31.4 Å². The van der Waals surface area contributed by atoms with E-state index in [9.17, 15) is 14.4 Å². The Hall–Kier alpha value is -5.83. The number of carbonyl (C=O) groups excluding carboxylic acids is 3. The van der Waals surface area contributed by atoms with Gasteiger partial charge in [0.2, 0.25) is 0 Å². The molecule has 0 saturated carbocycles. The maximum Gasteiger partial charge on any atom is 0.277 e. The van der Waals surface area contributed by atoms with Crippen LogP contribution in [0.15, 0.2) is 110 Å². The zero-order chi connectivity index (χ0) is 53.9. The van der Waals surface area contributed by atoms with Crippen LogP contribution in [0.5, 0.6) is 0 Å². The third kappa shape index (κ3) is 13.2. The summed E-state index contributed by atoms with van der Waals surface area (Å²) in [7, 11) is 7.24. The molecule has 16 nitrogen and oxygen atoms in total. The number of fused-ring (bicyclic) bond motifs is 3. The maximum absolute atomic E-state index is 12.7. The minimum atomic E-state index is -0.338. The van der Waals surface area contributed by atoms with Gasteiger partial charge in [-0.1, -0.05) is 18.2 Å². The van der Waals surface area contributed by atoms with Crippen LogP contribution in [0.2, 0.25) is 0 Å². The normalized spacial score (nSPS) is 11.0. The number of carbonyl (C=O) groups is 3. The van der Waals surface area contributed by atoms with E-state index in [1.165, 1.54) is 45.6 Å². The molecule has 9 rings (SSSR count). The lowest BCUT2D eigenvalue weighted by Gasteiger charge is -2.11. The minimum Gasteiger partial charge on any atom is -0.394 e. The van der Waals surface area contributed by atoms with Gasteiger partial charge in [0.25, 0.3) is 17.7 Å². The molecule has 0 fully saturated rings. The molecule has 0 saturated heterocycles. The van der Waals surface area contributed by atoms with Gasteiger partial charge in [-0.2, -0.15) is 0 Å². The molecule has 6 aromatic heterocycles. The number of pyridine rings is 3. The fraction of sp³-hybridized carbons (Fsp3) is 0.250. The SMILES string of the molecule is CCONC(=O)c1c(Cc2ccc(I)cc2C)n(C)c2ncccc12.CONC(=O)c1c(Cc2ccc(I)cc2C)n(C)c2ncccc12.Cc1cc(I)ccc1Cc1c(C(=O)NOCCO)c2cccnc2n1C. The Morgan fingerprint density at radius 3 is 1.17 bits per heavy atom. The van der Waals surface area contributed by atoms with Gasteiger partial charge in [0.05, 0.1) is 43.6 Å². The summed E-state index contributed by atoms with van der Waals surface area (Å²) >= 11 is 6.90. The number of hydroxylamine groups is 3. The predicted octanol–water partition coefficient (Wildman–Crippen LogP) is 9.86. The van der Waals surface area contributed by atoms with Gasteiger partial charge in [0.15, 0.2) is 0 Å². The highest BCUT2D eigenvalue weighted by Crippen LogP contribution is 2.30. The second-order valence-electron chi connectivity index (χ2n) is 17.5. The van der Waals surface area contributed by atoms with Crippen LogP contribution in [0, 0.1) is 31.5 Å². The first-order valence-corrected chi connectivity index (χ1v) is 27.1. The van der Waals surface area contributed by atoms with Gasteiger partial charge in [-0.15, -0.1) is 0 Å². The second-order valence-corrected chi connectivity index (χ2v) is 21.2. The molecule has 9 aromatic rings. The van der Waals surface area contributed by atoms with E-state index in [2.05, 4.69) is 175 Å². The predicted molar refractivity (Wildman–Crippen MR) is 316 cm³/mol. The van der Waals surface area contributed by atoms with Crippen molar-refractivity contribution in [2.45, 2.75) is 47.0 Å². The molecule has 75 heavy (non-hydrogen) atoms. The molecule has 4 N–H and O–H groups in total. The summed E-state index contributed by atoms with van der Waals surface area (Å²) in [6.45, 7) is 8.39. The van der Waals surface area contributed by atoms with Crippen LogP contribution in [0.25, 0.3) is 33.1 Å². The average Bonchev–Trinajstić information content (AvgIpc) is 3.95. The van der Waals surface area contributed by atoms with Gasteiger partial charge < -0.3 is 18.8 Å². The molecule has 0 spiro atoms. The molecule has 3 amide bonds. The smallest absolute Gasteiger partial charge is 0.277 e. The van der Waals surface area contributed by atoms with Crippen molar-refractivity contribution in [3.63, 3.8) is 0 Å². The Kier molecular flexibility index (Phi) is 19.9. The van der Waals surface area contributed by atoms with Gasteiger partial charge >= 0.3 is 0 Å². The van der Waals surface area contributed by atoms with E-state index in [1.54, 1.807) is 18.6 Å². The van der Waals surface area contributed by atoms with E-state index in [0.29, 0.717) is 42.6 Å². The van der Waals surface area contributed by atoms with Crippen molar-refractivity contribution in [3.8, 4) is 0 Å². The fourth-order valence-electron chi connectivity index (χ4n) is 8.97. The van der Waals surface area contributed by atoms with Crippen LogP contribution in [0.3, 0.4) is 0 Å². The monoisotopic (exact) mass is 1350 g/mol. The Morgan fingerprint density at radius 1 is 0.533 bits per heavy atom. The topological polar surface area (TPSA) is 189 Å². The van der Waals surface area contributed by atoms with Gasteiger partial charge in [0.1, 0.15) is 16.9 Å². The first-order valence-electron chi connectivity index (χ1n) is 23.9. The highest BCUT2D eigenvalue weighted by Gasteiger charge is 2.25. The molecule has 0 unspecified atom stereocenters. The van der Waals surface area contributed by atoms with Crippen molar-refractivity contribution in [2.24, 2.45) is 21.1 Å². The minimum absolute atomic E-state index is 0.0420. The summed E-state index contributed by atoms with van der Waals surface area (Å²) in [5, 5.41) is 11.3. The molecule has 0 bridgehead atoms. The number of nitrogens with one attached hydrogen (secondary N) is 3. The quantitative estimate of drug-likeness (QED) is 0.0437. The number of benzene rings is 3. The third-order valence-electron chi connectivity index (χ3n) is 12.7. The summed E-state index contributed by atoms with van der Waals surface area (Å²) < 4.78 is 9.51. The molecular weight excluding hydrogens is 1290 g/mol. The zero-order valence-corrected chi connectivity index (χ0v) is 49.3. The van der Waals surface area contributed by atoms with Crippen LogP contribution in [0.1, 0.15) is 88.5 Å². The number of hydrogen-bond donors (Lipinski definition) is 4. The summed E-state index contributed by atoms with van der Waals surface area (Å²) in [6.07, 6.45) is 7.11. The van der Waals surface area contributed by atoms with E-state index >= 15 is 0 Å². The van der Waals surface area contributed by atoms with E-state index in [0.717, 1.165) is 55.7 Å². The molecule has 0 aliphatic heterocycles. The molecule has 390 valence electrons. The number of aryl methyl sites for hydroxylation is 6. The highest BCUT2D eigenvalue weighted by molar-refractivity contribution is 14.1. The number of aromatic nitrogens is 6. The molecule has 0 atom stereocenters. The molecule has 6 heterocycles. The zero-order valence-electron chi connectivity index (χ0n) is 42.8. The standard InChI is InChI=1S/C19H20IN3O3.C19H20IN3O2.C18H18IN3O2/c1-12-10-14(20)6-5-13(12)11-16-17(19(25)22-26-9-8-24)15-4-3-7-21-18(15)23(16)2;1-4-25-22-19(24)17-15-6-5-9-21-18(15)23(3)16(17)11-13-7-8-14(20)10-12(13)2;1-11-9-13(19)7-6-12(11)10-15-16(18(23)21-24-3)14-5-4-8-20-17(14)22(15)2/h3-7,10,24H,8-9,11H2,1-2H3,(H,22,25);5-10H,4,11H2,1-3H3,(H,22,24);4-9H,10H2,1-3H3,(H,21,23). The average molecular weight is 1350 g/mol. The summed E-state index contributed by atoms with van der Waals surface area (Å²) in [4.78, 5) is 66.2. The fourth-order valence-corrected chi connectivity index (χ4v) is 10.9. The summed E-state index contributed by atoms with van der Waals surface area (Å²) in [5.41, 5.74) is 21.3. The highest BCUT2D eigenvalue weighted by atomic mass is 127. The van der Waals surface area contributed by atoms with Crippen LogP contribution < -0.4 is 16.4 Å². The lowest BCUT2D eigenvalue weighted by Crippen LogP contribution is -2.26. The summed E-state index contributed by atoms with van der Waals surface area (Å²) in [5.74, 6) is -0.830. The number of amides is 3. The maximum atomic E-state index is 12.7. The van der Waals surface area contributed by atoms with Crippen LogP contribution >= 0.6 is 67.8 Å². The lowest BCUT2D eigenvalue weighted by atomic mass is 10.0. The van der Waals surface area contributed by atoms with Gasteiger partial charge in [0, 0.05) is 103 Å². The van der Waals surface area contributed by atoms with Gasteiger partial charge in [-0.05, 0) is 202 Å². The van der Waals surface area contributed by atoms with Crippen molar-refractivity contribution >= 4 is 119 Å². The van der Waals surface area contributed by atoms with Crippen molar-refractivity contribution in [1.82, 2.24) is 45.1 Å². The Balaban J connectivity index is 0.000000164. The van der Waals surface area contributed by atoms with E-state index in [-0.39, 0.29) is 30.9 Å². The molecule has 0 aliphatic rings. The van der Waals surface area contributed by atoms with E-state index in [1.807, 2.05) is 78.2 Å². The van der Waals surface area contributed by atoms with E-state index in [4.69, 9.17) is 19.6 Å². The largest absolute Gasteiger partial charge is 0.394 e. The Bertz CT molecular complexity index is 3530. The molecular formula is C56H58I3N9O7. The van der Waals surface area contributed by atoms with Gasteiger partial charge in [-0.3, -0.25) is 28.9 Å². The lowest BCUT2D eigenvalue weighted by molar-refractivity contribution is 0.0168. The van der Waals surface area contributed by atoms with Crippen molar-refractivity contribution in [3.05, 3.63) is 187 Å². The Morgan fingerprint density at radius 2 is 0.867 bits per heavy atom. The molecule has 3 aromatic carbocycles. The number of aliphatic hydroxyl groups excluding tert-OH is 1. The van der Waals surface area contributed by atoms with Crippen LogP contribution in [-0.4, -0.2) is 78.4 Å². The molecule has 19 heteroatoms. The second kappa shape index (κ2) is 26.3. The summed E-state index contributed by atoms with van der Waals surface area (Å²) in [6, 6.07) is 30.2. The number of aliphatic hydroxyl groups is 1. The number of halogens is 3. The Labute approximate surface area is 476 Å². The van der Waals surface area contributed by atoms with Crippen LogP contribution in [0.4, 0.5) is 0 Å². The van der Waals surface area contributed by atoms with Crippen LogP contribution in [-0.2, 0) is 54.9 Å². The number of rotatable bonds is 15. The first-order chi connectivity index (χ1) is 36.1.